The van der Waals surface area contributed by atoms with Gasteiger partial charge in [0, 0.05) is 55.2 Å². The van der Waals surface area contributed by atoms with Crippen LogP contribution < -0.4 is 10.2 Å². The van der Waals surface area contributed by atoms with Crippen LogP contribution in [0.4, 0.5) is 5.69 Å². The second kappa shape index (κ2) is 6.94. The Labute approximate surface area is 150 Å². The van der Waals surface area contributed by atoms with Crippen molar-refractivity contribution in [2.75, 3.05) is 31.2 Å². The molecular weight excluding hydrogens is 314 g/mol. The molecule has 1 N–H and O–H groups in total. The number of nitrogens with one attached hydrogen (secondary N) is 1. The zero-order valence-corrected chi connectivity index (χ0v) is 15.3. The maximum absolute atomic E-state index is 12.7. The summed E-state index contributed by atoms with van der Waals surface area (Å²) >= 11 is 0. The van der Waals surface area contributed by atoms with E-state index in [9.17, 15) is 4.79 Å². The molecule has 136 valence electrons. The number of anilines is 1. The highest BCUT2D eigenvalue weighted by atomic mass is 16.5. The van der Waals surface area contributed by atoms with E-state index in [1.54, 1.807) is 0 Å². The Morgan fingerprint density at radius 1 is 1.12 bits per heavy atom. The number of aryl methyl sites for hydroxylation is 2. The standard InChI is InChI=1S/C20H29N3O2/c1-13-9-17(10-14(2)21-13)23-11-18(15-3-4-15)19(12-23)22-20(24)16-5-7-25-8-6-16/h9-10,15-16,18-19H,3-8,11-12H2,1-2H3,(H,22,24)/t18-,19+/m1/s1. The molecule has 0 spiro atoms. The van der Waals surface area contributed by atoms with Gasteiger partial charge in [-0.05, 0) is 57.6 Å². The summed E-state index contributed by atoms with van der Waals surface area (Å²) in [5.74, 6) is 1.74. The van der Waals surface area contributed by atoms with Gasteiger partial charge in [-0.2, -0.15) is 0 Å². The van der Waals surface area contributed by atoms with Crippen LogP contribution in [-0.4, -0.2) is 43.2 Å². The Morgan fingerprint density at radius 2 is 1.80 bits per heavy atom. The minimum atomic E-state index is 0.132. The summed E-state index contributed by atoms with van der Waals surface area (Å²) in [6.07, 6.45) is 4.35. The maximum atomic E-state index is 12.7. The third-order valence-electron chi connectivity index (χ3n) is 5.94. The van der Waals surface area contributed by atoms with Gasteiger partial charge >= 0.3 is 0 Å². The number of aromatic nitrogens is 1. The van der Waals surface area contributed by atoms with Crippen LogP contribution in [0.25, 0.3) is 0 Å². The largest absolute Gasteiger partial charge is 0.381 e. The summed E-state index contributed by atoms with van der Waals surface area (Å²) in [6, 6.07) is 4.61. The van der Waals surface area contributed by atoms with Crippen molar-refractivity contribution in [2.45, 2.75) is 45.6 Å². The van der Waals surface area contributed by atoms with Crippen molar-refractivity contribution >= 4 is 11.6 Å². The van der Waals surface area contributed by atoms with Gasteiger partial charge in [-0.3, -0.25) is 9.78 Å². The smallest absolute Gasteiger partial charge is 0.223 e. The zero-order chi connectivity index (χ0) is 17.4. The normalized spacial score (nSPS) is 27.5. The van der Waals surface area contributed by atoms with Crippen molar-refractivity contribution in [1.29, 1.82) is 0 Å². The molecular formula is C20H29N3O2. The predicted octanol–water partition coefficient (Wildman–Crippen LogP) is 2.46. The fourth-order valence-electron chi connectivity index (χ4n) is 4.45. The van der Waals surface area contributed by atoms with Gasteiger partial charge in [0.15, 0.2) is 0 Å². The van der Waals surface area contributed by atoms with Crippen LogP contribution in [0, 0.1) is 31.6 Å². The molecule has 3 fully saturated rings. The Morgan fingerprint density at radius 3 is 2.44 bits per heavy atom. The van der Waals surface area contributed by atoms with E-state index in [1.165, 1.54) is 18.5 Å². The highest BCUT2D eigenvalue weighted by Crippen LogP contribution is 2.42. The van der Waals surface area contributed by atoms with E-state index in [2.05, 4.69) is 41.2 Å². The number of carbonyl (C=O) groups excluding carboxylic acids is 1. The monoisotopic (exact) mass is 343 g/mol. The molecule has 0 unspecified atom stereocenters. The van der Waals surface area contributed by atoms with Crippen molar-refractivity contribution in [3.05, 3.63) is 23.5 Å². The summed E-state index contributed by atoms with van der Waals surface area (Å²) < 4.78 is 5.39. The molecule has 1 aromatic rings. The van der Waals surface area contributed by atoms with Gasteiger partial charge in [-0.1, -0.05) is 0 Å². The van der Waals surface area contributed by atoms with Gasteiger partial charge in [0.05, 0.1) is 6.04 Å². The van der Waals surface area contributed by atoms with Crippen LogP contribution in [0.15, 0.2) is 12.1 Å². The van der Waals surface area contributed by atoms with E-state index in [0.29, 0.717) is 5.92 Å². The summed E-state index contributed by atoms with van der Waals surface area (Å²) in [5.41, 5.74) is 3.37. The number of nitrogens with zero attached hydrogens (tertiary/aromatic N) is 2. The number of pyridine rings is 1. The summed E-state index contributed by atoms with van der Waals surface area (Å²) in [7, 11) is 0. The molecule has 3 aliphatic rings. The van der Waals surface area contributed by atoms with Crippen LogP contribution >= 0.6 is 0 Å². The highest BCUT2D eigenvalue weighted by molar-refractivity contribution is 5.79. The number of carbonyl (C=O) groups is 1. The van der Waals surface area contributed by atoms with Crippen LogP contribution in [0.3, 0.4) is 0 Å². The molecule has 5 nitrogen and oxygen atoms in total. The van der Waals surface area contributed by atoms with Gasteiger partial charge in [0.25, 0.3) is 0 Å². The third-order valence-corrected chi connectivity index (χ3v) is 5.94. The van der Waals surface area contributed by atoms with E-state index in [-0.39, 0.29) is 17.9 Å². The molecule has 25 heavy (non-hydrogen) atoms. The van der Waals surface area contributed by atoms with Gasteiger partial charge in [-0.15, -0.1) is 0 Å². The Kier molecular flexibility index (Phi) is 4.67. The molecule has 1 saturated carbocycles. The Balaban J connectivity index is 1.46. The minimum Gasteiger partial charge on any atom is -0.381 e. The fourth-order valence-corrected chi connectivity index (χ4v) is 4.45. The molecule has 0 radical (unpaired) electrons. The zero-order valence-electron chi connectivity index (χ0n) is 15.3. The fraction of sp³-hybridized carbons (Fsp3) is 0.700. The van der Waals surface area contributed by atoms with E-state index >= 15 is 0 Å². The molecule has 4 rings (SSSR count). The Bertz CT molecular complexity index is 618. The van der Waals surface area contributed by atoms with Crippen molar-refractivity contribution < 1.29 is 9.53 Å². The SMILES string of the molecule is Cc1cc(N2C[C@H](NC(=O)C3CCOCC3)[C@@H](C3CC3)C2)cc(C)n1. The van der Waals surface area contributed by atoms with Gasteiger partial charge < -0.3 is 15.0 Å². The number of hydrogen-bond acceptors (Lipinski definition) is 4. The van der Waals surface area contributed by atoms with Crippen molar-refractivity contribution in [2.24, 2.45) is 17.8 Å². The first-order valence-corrected chi connectivity index (χ1v) is 9.68. The van der Waals surface area contributed by atoms with Crippen LogP contribution in [-0.2, 0) is 9.53 Å². The molecule has 0 bridgehead atoms. The van der Waals surface area contributed by atoms with Crippen LogP contribution in [0.2, 0.25) is 0 Å². The number of hydrogen-bond donors (Lipinski definition) is 1. The molecule has 3 heterocycles. The van der Waals surface area contributed by atoms with Crippen molar-refractivity contribution in [1.82, 2.24) is 10.3 Å². The van der Waals surface area contributed by atoms with Gasteiger partial charge in [0.1, 0.15) is 0 Å². The van der Waals surface area contributed by atoms with E-state index in [0.717, 1.165) is 56.5 Å². The molecule has 1 aliphatic carbocycles. The van der Waals surface area contributed by atoms with E-state index in [1.807, 2.05) is 0 Å². The second-order valence-electron chi connectivity index (χ2n) is 8.02. The highest BCUT2D eigenvalue weighted by Gasteiger charge is 2.43. The quantitative estimate of drug-likeness (QED) is 0.912. The molecule has 2 atom stereocenters. The first-order chi connectivity index (χ1) is 12.1. The van der Waals surface area contributed by atoms with Crippen molar-refractivity contribution in [3.8, 4) is 0 Å². The number of ether oxygens (including phenoxy) is 1. The molecule has 2 saturated heterocycles. The van der Waals surface area contributed by atoms with Crippen LogP contribution in [0.1, 0.15) is 37.1 Å². The minimum absolute atomic E-state index is 0.132. The molecule has 2 aliphatic heterocycles. The summed E-state index contributed by atoms with van der Waals surface area (Å²) in [4.78, 5) is 19.6. The van der Waals surface area contributed by atoms with Crippen LogP contribution in [0.5, 0.6) is 0 Å². The molecule has 0 aromatic carbocycles. The van der Waals surface area contributed by atoms with E-state index in [4.69, 9.17) is 4.74 Å². The Hall–Kier alpha value is -1.62. The van der Waals surface area contributed by atoms with E-state index < -0.39 is 0 Å². The lowest BCUT2D eigenvalue weighted by atomic mass is 9.95. The summed E-state index contributed by atoms with van der Waals surface area (Å²) in [5, 5.41) is 3.40. The average Bonchev–Trinajstić information content (AvgIpc) is 3.35. The molecule has 1 aromatic heterocycles. The first-order valence-electron chi connectivity index (χ1n) is 9.68. The second-order valence-corrected chi connectivity index (χ2v) is 8.02. The molecule has 5 heteroatoms. The first kappa shape index (κ1) is 16.8. The van der Waals surface area contributed by atoms with Crippen molar-refractivity contribution in [3.63, 3.8) is 0 Å². The van der Waals surface area contributed by atoms with Gasteiger partial charge in [0.2, 0.25) is 5.91 Å². The third kappa shape index (κ3) is 3.81. The predicted molar refractivity (Wildman–Crippen MR) is 97.6 cm³/mol. The summed E-state index contributed by atoms with van der Waals surface area (Å²) in [6.45, 7) is 7.50. The lowest BCUT2D eigenvalue weighted by molar-refractivity contribution is -0.128. The lowest BCUT2D eigenvalue weighted by Crippen LogP contribution is -2.45. The topological polar surface area (TPSA) is 54.5 Å². The molecule has 1 amide bonds. The van der Waals surface area contributed by atoms with Gasteiger partial charge in [-0.25, -0.2) is 0 Å². The number of rotatable bonds is 4. The number of amides is 1. The maximum Gasteiger partial charge on any atom is 0.223 e. The average molecular weight is 343 g/mol. The lowest BCUT2D eigenvalue weighted by Gasteiger charge is -2.25.